The van der Waals surface area contributed by atoms with Crippen molar-refractivity contribution in [3.63, 3.8) is 0 Å². The molecule has 1 heterocycles. The highest BCUT2D eigenvalue weighted by Crippen LogP contribution is 2.13. The molecule has 0 aromatic rings. The van der Waals surface area contributed by atoms with E-state index in [1.54, 1.807) is 0 Å². The first-order valence-corrected chi connectivity index (χ1v) is 8.22. The fraction of sp³-hybridized carbons (Fsp3) is 0.875. The molecule has 0 spiro atoms. The van der Waals surface area contributed by atoms with E-state index in [0.717, 1.165) is 19.4 Å². The quantitative estimate of drug-likeness (QED) is 0.813. The highest BCUT2D eigenvalue weighted by Gasteiger charge is 2.26. The highest BCUT2D eigenvalue weighted by atomic mass is 16.6. The van der Waals surface area contributed by atoms with Crippen molar-refractivity contribution in [3.05, 3.63) is 0 Å². The van der Waals surface area contributed by atoms with Crippen LogP contribution in [0.3, 0.4) is 0 Å². The summed E-state index contributed by atoms with van der Waals surface area (Å²) in [5.41, 5.74) is -0.483. The Hall–Kier alpha value is -1.30. The Labute approximate surface area is 134 Å². The SMILES string of the molecule is CCN[C@@H](C)CC(=O)N1CCC(NC(=O)OC(C)(C)C)CC1. The molecule has 6 nitrogen and oxygen atoms in total. The summed E-state index contributed by atoms with van der Waals surface area (Å²) in [6, 6.07) is 0.292. The van der Waals surface area contributed by atoms with Gasteiger partial charge in [0.2, 0.25) is 5.91 Å². The predicted molar refractivity (Wildman–Crippen MR) is 86.7 cm³/mol. The Bertz CT molecular complexity index is 371. The van der Waals surface area contributed by atoms with Crippen LogP contribution in [0.15, 0.2) is 0 Å². The van der Waals surface area contributed by atoms with Crippen molar-refractivity contribution in [3.8, 4) is 0 Å². The van der Waals surface area contributed by atoms with Crippen LogP contribution in [0.2, 0.25) is 0 Å². The summed E-state index contributed by atoms with van der Waals surface area (Å²) in [6.07, 6.45) is 1.71. The van der Waals surface area contributed by atoms with E-state index in [1.807, 2.05) is 39.5 Å². The molecule has 1 fully saturated rings. The molecule has 0 radical (unpaired) electrons. The van der Waals surface area contributed by atoms with Gasteiger partial charge < -0.3 is 20.3 Å². The van der Waals surface area contributed by atoms with Gasteiger partial charge in [0.1, 0.15) is 5.60 Å². The van der Waals surface area contributed by atoms with Gasteiger partial charge >= 0.3 is 6.09 Å². The number of alkyl carbamates (subject to hydrolysis) is 1. The molecule has 2 N–H and O–H groups in total. The lowest BCUT2D eigenvalue weighted by molar-refractivity contribution is -0.132. The van der Waals surface area contributed by atoms with Crippen LogP contribution in [0, 0.1) is 0 Å². The van der Waals surface area contributed by atoms with Gasteiger partial charge in [-0.1, -0.05) is 6.92 Å². The molecule has 6 heteroatoms. The molecular formula is C16H31N3O3. The van der Waals surface area contributed by atoms with Crippen molar-refractivity contribution in [2.24, 2.45) is 0 Å². The topological polar surface area (TPSA) is 70.7 Å². The van der Waals surface area contributed by atoms with Crippen molar-refractivity contribution < 1.29 is 14.3 Å². The minimum atomic E-state index is -0.483. The molecule has 1 aliphatic rings. The number of hydrogen-bond donors (Lipinski definition) is 2. The fourth-order valence-electron chi connectivity index (χ4n) is 2.56. The van der Waals surface area contributed by atoms with Gasteiger partial charge in [-0.05, 0) is 47.1 Å². The third kappa shape index (κ3) is 7.11. The van der Waals surface area contributed by atoms with E-state index >= 15 is 0 Å². The minimum Gasteiger partial charge on any atom is -0.444 e. The second-order valence-corrected chi connectivity index (χ2v) is 6.96. The third-order valence-electron chi connectivity index (χ3n) is 3.60. The summed E-state index contributed by atoms with van der Waals surface area (Å²) in [7, 11) is 0. The van der Waals surface area contributed by atoms with Crippen molar-refractivity contribution in [1.82, 2.24) is 15.5 Å². The first-order valence-electron chi connectivity index (χ1n) is 8.22. The van der Waals surface area contributed by atoms with Gasteiger partial charge in [0.05, 0.1) is 0 Å². The summed E-state index contributed by atoms with van der Waals surface area (Å²) in [5, 5.41) is 6.14. The molecule has 1 atom stereocenters. The first kappa shape index (κ1) is 18.7. The molecule has 1 aliphatic heterocycles. The van der Waals surface area contributed by atoms with Gasteiger partial charge in [0, 0.05) is 31.6 Å². The van der Waals surface area contributed by atoms with Crippen LogP contribution in [-0.4, -0.2) is 54.2 Å². The van der Waals surface area contributed by atoms with Crippen LogP contribution in [0.1, 0.15) is 53.9 Å². The minimum absolute atomic E-state index is 0.0880. The maximum absolute atomic E-state index is 12.2. The molecule has 22 heavy (non-hydrogen) atoms. The van der Waals surface area contributed by atoms with E-state index in [1.165, 1.54) is 0 Å². The van der Waals surface area contributed by atoms with E-state index in [9.17, 15) is 9.59 Å². The maximum Gasteiger partial charge on any atom is 0.407 e. The fourth-order valence-corrected chi connectivity index (χ4v) is 2.56. The summed E-state index contributed by atoms with van der Waals surface area (Å²) in [4.78, 5) is 25.8. The number of nitrogens with zero attached hydrogens (tertiary/aromatic N) is 1. The molecule has 0 saturated carbocycles. The average Bonchev–Trinajstić information content (AvgIpc) is 2.37. The standard InChI is InChI=1S/C16H31N3O3/c1-6-17-12(2)11-14(20)19-9-7-13(8-10-19)18-15(21)22-16(3,4)5/h12-13,17H,6-11H2,1-5H3,(H,18,21)/t12-/m0/s1. The molecule has 0 bridgehead atoms. The Morgan fingerprint density at radius 2 is 1.86 bits per heavy atom. The Kier molecular flexibility index (Phi) is 7.13. The van der Waals surface area contributed by atoms with Gasteiger partial charge in [-0.2, -0.15) is 0 Å². The number of piperidine rings is 1. The number of carbonyl (C=O) groups excluding carboxylic acids is 2. The lowest BCUT2D eigenvalue weighted by Crippen LogP contribution is -2.48. The Balaban J connectivity index is 2.31. The molecule has 0 aromatic carbocycles. The van der Waals surface area contributed by atoms with E-state index in [4.69, 9.17) is 4.74 Å². The Morgan fingerprint density at radius 1 is 1.27 bits per heavy atom. The van der Waals surface area contributed by atoms with E-state index in [2.05, 4.69) is 10.6 Å². The first-order chi connectivity index (χ1) is 10.2. The number of nitrogens with one attached hydrogen (secondary N) is 2. The number of amides is 2. The molecular weight excluding hydrogens is 282 g/mol. The molecule has 0 unspecified atom stereocenters. The van der Waals surface area contributed by atoms with Crippen LogP contribution >= 0.6 is 0 Å². The maximum atomic E-state index is 12.2. The molecule has 0 aromatic heterocycles. The van der Waals surface area contributed by atoms with Gasteiger partial charge in [-0.25, -0.2) is 4.79 Å². The summed E-state index contributed by atoms with van der Waals surface area (Å²) in [6.45, 7) is 11.9. The molecule has 128 valence electrons. The zero-order valence-corrected chi connectivity index (χ0v) is 14.6. The monoisotopic (exact) mass is 313 g/mol. The van der Waals surface area contributed by atoms with Crippen LogP contribution in [-0.2, 0) is 9.53 Å². The van der Waals surface area contributed by atoms with Gasteiger partial charge in [-0.15, -0.1) is 0 Å². The van der Waals surface area contributed by atoms with Crippen molar-refractivity contribution in [2.45, 2.75) is 71.6 Å². The molecule has 1 rings (SSSR count). The van der Waals surface area contributed by atoms with Crippen molar-refractivity contribution >= 4 is 12.0 Å². The lowest BCUT2D eigenvalue weighted by Gasteiger charge is -2.33. The van der Waals surface area contributed by atoms with Crippen molar-refractivity contribution in [2.75, 3.05) is 19.6 Å². The number of ether oxygens (including phenoxy) is 1. The second-order valence-electron chi connectivity index (χ2n) is 6.96. The second kappa shape index (κ2) is 8.36. The van der Waals surface area contributed by atoms with Crippen LogP contribution in [0.4, 0.5) is 4.79 Å². The van der Waals surface area contributed by atoms with E-state index in [0.29, 0.717) is 19.5 Å². The Morgan fingerprint density at radius 3 is 2.36 bits per heavy atom. The lowest BCUT2D eigenvalue weighted by atomic mass is 10.0. The van der Waals surface area contributed by atoms with E-state index < -0.39 is 5.60 Å². The zero-order valence-electron chi connectivity index (χ0n) is 14.6. The van der Waals surface area contributed by atoms with E-state index in [-0.39, 0.29) is 24.1 Å². The number of rotatable bonds is 5. The van der Waals surface area contributed by atoms with Gasteiger partial charge in [0.25, 0.3) is 0 Å². The summed E-state index contributed by atoms with van der Waals surface area (Å²) >= 11 is 0. The van der Waals surface area contributed by atoms with Crippen molar-refractivity contribution in [1.29, 1.82) is 0 Å². The molecule has 2 amide bonds. The number of hydrogen-bond acceptors (Lipinski definition) is 4. The molecule has 1 saturated heterocycles. The zero-order chi connectivity index (χ0) is 16.8. The van der Waals surface area contributed by atoms with Crippen LogP contribution in [0.5, 0.6) is 0 Å². The largest absolute Gasteiger partial charge is 0.444 e. The smallest absolute Gasteiger partial charge is 0.407 e. The van der Waals surface area contributed by atoms with Crippen LogP contribution in [0.25, 0.3) is 0 Å². The summed E-state index contributed by atoms with van der Waals surface area (Å²) in [5.74, 6) is 0.184. The van der Waals surface area contributed by atoms with Crippen LogP contribution < -0.4 is 10.6 Å². The number of carbonyl (C=O) groups is 2. The summed E-state index contributed by atoms with van der Waals surface area (Å²) < 4.78 is 5.26. The third-order valence-corrected chi connectivity index (χ3v) is 3.60. The van der Waals surface area contributed by atoms with Gasteiger partial charge in [0.15, 0.2) is 0 Å². The van der Waals surface area contributed by atoms with Gasteiger partial charge in [-0.3, -0.25) is 4.79 Å². The molecule has 0 aliphatic carbocycles. The predicted octanol–water partition coefficient (Wildman–Crippen LogP) is 1.89. The normalized spacial score (nSPS) is 18.0. The highest BCUT2D eigenvalue weighted by molar-refractivity contribution is 5.77. The number of likely N-dealkylation sites (tertiary alicyclic amines) is 1. The average molecular weight is 313 g/mol.